The fourth-order valence-electron chi connectivity index (χ4n) is 3.74. The van der Waals surface area contributed by atoms with Crippen molar-refractivity contribution in [3.8, 4) is 0 Å². The average Bonchev–Trinajstić information content (AvgIpc) is 2.68. The second-order valence-electron chi connectivity index (χ2n) is 7.25. The smallest absolute Gasteiger partial charge is 0.0107 e. The van der Waals surface area contributed by atoms with E-state index in [1.165, 1.54) is 64.7 Å². The Morgan fingerprint density at radius 2 is 2.00 bits per heavy atom. The van der Waals surface area contributed by atoms with E-state index in [0.717, 1.165) is 12.0 Å². The molecule has 0 radical (unpaired) electrons. The highest BCUT2D eigenvalue weighted by atomic mass is 15.2. The van der Waals surface area contributed by atoms with Gasteiger partial charge in [-0.3, -0.25) is 0 Å². The molecule has 2 unspecified atom stereocenters. The van der Waals surface area contributed by atoms with Gasteiger partial charge in [0, 0.05) is 19.1 Å². The highest BCUT2D eigenvalue weighted by Crippen LogP contribution is 2.32. The highest BCUT2D eigenvalue weighted by Gasteiger charge is 2.32. The molecule has 0 aromatic carbocycles. The monoisotopic (exact) mass is 252 g/mol. The van der Waals surface area contributed by atoms with E-state index < -0.39 is 0 Å². The van der Waals surface area contributed by atoms with Crippen LogP contribution in [0.15, 0.2) is 0 Å². The van der Waals surface area contributed by atoms with Gasteiger partial charge in [0.05, 0.1) is 0 Å². The molecule has 1 saturated carbocycles. The molecule has 0 aromatic heterocycles. The minimum absolute atomic E-state index is 0.557. The molecule has 2 nitrogen and oxygen atoms in total. The van der Waals surface area contributed by atoms with Crippen molar-refractivity contribution in [1.29, 1.82) is 0 Å². The Balaban J connectivity index is 1.82. The minimum Gasteiger partial charge on any atom is -0.314 e. The first-order chi connectivity index (χ1) is 8.61. The Hall–Kier alpha value is -0.0800. The number of nitrogens with zero attached hydrogens (tertiary/aromatic N) is 1. The molecular weight excluding hydrogens is 220 g/mol. The van der Waals surface area contributed by atoms with Gasteiger partial charge in [0.2, 0.25) is 0 Å². The lowest BCUT2D eigenvalue weighted by Gasteiger charge is -2.35. The molecule has 1 aliphatic heterocycles. The molecule has 2 atom stereocenters. The molecule has 2 rings (SSSR count). The molecule has 1 heterocycles. The molecule has 1 saturated heterocycles. The van der Waals surface area contributed by atoms with E-state index >= 15 is 0 Å². The summed E-state index contributed by atoms with van der Waals surface area (Å²) < 4.78 is 0. The van der Waals surface area contributed by atoms with Gasteiger partial charge in [-0.05, 0) is 50.1 Å². The Morgan fingerprint density at radius 1 is 1.22 bits per heavy atom. The summed E-state index contributed by atoms with van der Waals surface area (Å²) in [7, 11) is 0. The van der Waals surface area contributed by atoms with Crippen LogP contribution in [0.5, 0.6) is 0 Å². The summed E-state index contributed by atoms with van der Waals surface area (Å²) in [5.74, 6) is 0.902. The van der Waals surface area contributed by atoms with E-state index in [4.69, 9.17) is 0 Å². The van der Waals surface area contributed by atoms with Gasteiger partial charge in [0.1, 0.15) is 0 Å². The SMILES string of the molecule is CCCNC1CCCCC1CN1CCC(C)(C)C1. The normalized spacial score (nSPS) is 32.8. The quantitative estimate of drug-likeness (QED) is 0.808. The van der Waals surface area contributed by atoms with Crippen LogP contribution >= 0.6 is 0 Å². The zero-order chi connectivity index (χ0) is 13.0. The van der Waals surface area contributed by atoms with Crippen LogP contribution in [0.2, 0.25) is 0 Å². The van der Waals surface area contributed by atoms with Crippen LogP contribution in [0.25, 0.3) is 0 Å². The van der Waals surface area contributed by atoms with Crippen molar-refractivity contribution in [2.24, 2.45) is 11.3 Å². The van der Waals surface area contributed by atoms with Gasteiger partial charge in [0.25, 0.3) is 0 Å². The molecule has 106 valence electrons. The van der Waals surface area contributed by atoms with Gasteiger partial charge in [-0.15, -0.1) is 0 Å². The zero-order valence-corrected chi connectivity index (χ0v) is 12.7. The molecule has 18 heavy (non-hydrogen) atoms. The largest absolute Gasteiger partial charge is 0.314 e. The topological polar surface area (TPSA) is 15.3 Å². The van der Waals surface area contributed by atoms with Gasteiger partial charge in [-0.2, -0.15) is 0 Å². The van der Waals surface area contributed by atoms with Crippen LogP contribution in [-0.4, -0.2) is 37.1 Å². The van der Waals surface area contributed by atoms with Gasteiger partial charge >= 0.3 is 0 Å². The Morgan fingerprint density at radius 3 is 2.67 bits per heavy atom. The summed E-state index contributed by atoms with van der Waals surface area (Å²) in [6, 6.07) is 0.794. The summed E-state index contributed by atoms with van der Waals surface area (Å²) in [6.45, 7) is 12.3. The zero-order valence-electron chi connectivity index (χ0n) is 12.7. The average molecular weight is 252 g/mol. The summed E-state index contributed by atoms with van der Waals surface area (Å²) in [5, 5.41) is 3.79. The predicted octanol–water partition coefficient (Wildman–Crippen LogP) is 3.28. The van der Waals surface area contributed by atoms with Crippen molar-refractivity contribution in [3.63, 3.8) is 0 Å². The van der Waals surface area contributed by atoms with Crippen molar-refractivity contribution >= 4 is 0 Å². The third-order valence-electron chi connectivity index (χ3n) is 4.81. The molecule has 1 aliphatic carbocycles. The molecule has 0 bridgehead atoms. The summed E-state index contributed by atoms with van der Waals surface area (Å²) in [4.78, 5) is 2.72. The van der Waals surface area contributed by atoms with Gasteiger partial charge in [-0.1, -0.05) is 33.6 Å². The van der Waals surface area contributed by atoms with E-state index in [0.29, 0.717) is 5.41 Å². The fraction of sp³-hybridized carbons (Fsp3) is 1.00. The van der Waals surface area contributed by atoms with Crippen LogP contribution < -0.4 is 5.32 Å². The number of hydrogen-bond donors (Lipinski definition) is 1. The van der Waals surface area contributed by atoms with Crippen LogP contribution in [-0.2, 0) is 0 Å². The maximum atomic E-state index is 3.79. The lowest BCUT2D eigenvalue weighted by molar-refractivity contribution is 0.179. The van der Waals surface area contributed by atoms with Gasteiger partial charge in [0.15, 0.2) is 0 Å². The lowest BCUT2D eigenvalue weighted by atomic mass is 9.84. The first-order valence-corrected chi connectivity index (χ1v) is 8.06. The van der Waals surface area contributed by atoms with Crippen LogP contribution in [0.4, 0.5) is 0 Å². The maximum Gasteiger partial charge on any atom is 0.0107 e. The van der Waals surface area contributed by atoms with E-state index in [2.05, 4.69) is 31.0 Å². The predicted molar refractivity (Wildman–Crippen MR) is 78.9 cm³/mol. The third-order valence-corrected chi connectivity index (χ3v) is 4.81. The number of rotatable bonds is 5. The molecule has 2 fully saturated rings. The van der Waals surface area contributed by atoms with Crippen LogP contribution in [0.3, 0.4) is 0 Å². The Kier molecular flexibility index (Phi) is 5.08. The molecular formula is C16H32N2. The second-order valence-corrected chi connectivity index (χ2v) is 7.25. The number of nitrogens with one attached hydrogen (secondary N) is 1. The fourth-order valence-corrected chi connectivity index (χ4v) is 3.74. The number of hydrogen-bond acceptors (Lipinski definition) is 2. The van der Waals surface area contributed by atoms with Crippen molar-refractivity contribution in [2.75, 3.05) is 26.2 Å². The molecule has 2 aliphatic rings. The molecule has 0 amide bonds. The van der Waals surface area contributed by atoms with Crippen LogP contribution in [0, 0.1) is 11.3 Å². The first kappa shape index (κ1) is 14.3. The van der Waals surface area contributed by atoms with Crippen molar-refractivity contribution in [1.82, 2.24) is 10.2 Å². The van der Waals surface area contributed by atoms with Gasteiger partial charge in [-0.25, -0.2) is 0 Å². The molecule has 0 spiro atoms. The van der Waals surface area contributed by atoms with Crippen molar-refractivity contribution in [3.05, 3.63) is 0 Å². The number of likely N-dealkylation sites (tertiary alicyclic amines) is 1. The van der Waals surface area contributed by atoms with Crippen molar-refractivity contribution in [2.45, 2.75) is 65.3 Å². The standard InChI is InChI=1S/C16H32N2/c1-4-10-17-15-8-6-5-7-14(15)12-18-11-9-16(2,3)13-18/h14-15,17H,4-13H2,1-3H3. The van der Waals surface area contributed by atoms with Crippen molar-refractivity contribution < 1.29 is 0 Å². The lowest BCUT2D eigenvalue weighted by Crippen LogP contribution is -2.44. The van der Waals surface area contributed by atoms with E-state index in [1.54, 1.807) is 0 Å². The summed E-state index contributed by atoms with van der Waals surface area (Å²) in [5.41, 5.74) is 0.557. The summed E-state index contributed by atoms with van der Waals surface area (Å²) in [6.07, 6.45) is 8.38. The third kappa shape index (κ3) is 3.96. The highest BCUT2D eigenvalue weighted by molar-refractivity contribution is 4.88. The Labute approximate surface area is 114 Å². The molecule has 0 aromatic rings. The summed E-state index contributed by atoms with van der Waals surface area (Å²) >= 11 is 0. The maximum absolute atomic E-state index is 3.79. The van der Waals surface area contributed by atoms with E-state index in [9.17, 15) is 0 Å². The van der Waals surface area contributed by atoms with Gasteiger partial charge < -0.3 is 10.2 Å². The molecule has 2 heteroatoms. The Bertz CT molecular complexity index is 249. The van der Waals surface area contributed by atoms with E-state index in [1.807, 2.05) is 0 Å². The molecule has 1 N–H and O–H groups in total. The van der Waals surface area contributed by atoms with Crippen LogP contribution in [0.1, 0.15) is 59.3 Å². The second kappa shape index (κ2) is 6.38. The first-order valence-electron chi connectivity index (χ1n) is 8.06. The van der Waals surface area contributed by atoms with E-state index in [-0.39, 0.29) is 0 Å². The minimum atomic E-state index is 0.557.